The van der Waals surface area contributed by atoms with Crippen LogP contribution in [0.4, 0.5) is 4.39 Å². The van der Waals surface area contributed by atoms with E-state index in [4.69, 9.17) is 11.6 Å². The van der Waals surface area contributed by atoms with Crippen LogP contribution in [0.5, 0.6) is 0 Å². The topological polar surface area (TPSA) is 20.3 Å². The molecule has 0 radical (unpaired) electrons. The van der Waals surface area contributed by atoms with Gasteiger partial charge < -0.3 is 4.90 Å². The van der Waals surface area contributed by atoms with Crippen molar-refractivity contribution >= 4 is 33.4 Å². The minimum absolute atomic E-state index is 0.0482. The number of carbonyl (C=O) groups is 1. The Labute approximate surface area is 130 Å². The largest absolute Gasteiger partial charge is 0.337 e. The normalized spacial score (nSPS) is 10.4. The van der Waals surface area contributed by atoms with Gasteiger partial charge in [0.15, 0.2) is 0 Å². The fourth-order valence-corrected chi connectivity index (χ4v) is 2.23. The molecule has 0 fully saturated rings. The molecule has 0 aromatic heterocycles. The van der Waals surface area contributed by atoms with Crippen molar-refractivity contribution in [2.75, 3.05) is 7.05 Å². The summed E-state index contributed by atoms with van der Waals surface area (Å²) >= 11 is 9.05. The van der Waals surface area contributed by atoms with Gasteiger partial charge in [0.1, 0.15) is 5.82 Å². The highest BCUT2D eigenvalue weighted by Crippen LogP contribution is 2.18. The predicted molar refractivity (Wildman–Crippen MR) is 81.3 cm³/mol. The lowest BCUT2D eigenvalue weighted by Gasteiger charge is -2.17. The van der Waals surface area contributed by atoms with E-state index in [9.17, 15) is 9.18 Å². The monoisotopic (exact) mass is 355 g/mol. The van der Waals surface area contributed by atoms with Gasteiger partial charge in [-0.25, -0.2) is 4.39 Å². The van der Waals surface area contributed by atoms with Gasteiger partial charge in [-0.3, -0.25) is 4.79 Å². The summed E-state index contributed by atoms with van der Waals surface area (Å²) in [6.45, 7) is 0.473. The zero-order chi connectivity index (χ0) is 14.7. The average Bonchev–Trinajstić information content (AvgIpc) is 2.43. The Bertz CT molecular complexity index is 630. The quantitative estimate of drug-likeness (QED) is 0.792. The molecule has 0 saturated heterocycles. The van der Waals surface area contributed by atoms with Gasteiger partial charge in [0, 0.05) is 23.6 Å². The van der Waals surface area contributed by atoms with E-state index < -0.39 is 5.82 Å². The molecule has 0 unspecified atom stereocenters. The molecule has 2 aromatic carbocycles. The molecule has 0 atom stereocenters. The van der Waals surface area contributed by atoms with Gasteiger partial charge in [-0.1, -0.05) is 39.7 Å². The molecule has 0 aliphatic heterocycles. The first kappa shape index (κ1) is 15.0. The molecular formula is C15H12BrClFNO. The summed E-state index contributed by atoms with van der Waals surface area (Å²) in [6, 6.07) is 11.7. The minimum atomic E-state index is -0.529. The molecule has 1 amide bonds. The van der Waals surface area contributed by atoms with Crippen LogP contribution in [0.2, 0.25) is 5.02 Å². The standard InChI is InChI=1S/C15H12BrClFNO/c1-19(9-10-2-5-12(16)6-3-10)15(20)11-4-7-14(18)13(17)8-11/h2-8H,9H2,1H3. The van der Waals surface area contributed by atoms with Gasteiger partial charge in [0.25, 0.3) is 5.91 Å². The first-order valence-corrected chi connectivity index (χ1v) is 7.09. The Kier molecular flexibility index (Phi) is 4.78. The summed E-state index contributed by atoms with van der Waals surface area (Å²) in [5, 5.41) is -0.0482. The Morgan fingerprint density at radius 3 is 2.50 bits per heavy atom. The van der Waals surface area contributed by atoms with E-state index in [1.807, 2.05) is 24.3 Å². The van der Waals surface area contributed by atoms with Gasteiger partial charge in [0.05, 0.1) is 5.02 Å². The molecule has 0 aliphatic rings. The van der Waals surface area contributed by atoms with E-state index in [1.54, 1.807) is 11.9 Å². The van der Waals surface area contributed by atoms with Crippen molar-refractivity contribution < 1.29 is 9.18 Å². The maximum absolute atomic E-state index is 13.1. The SMILES string of the molecule is CN(Cc1ccc(Br)cc1)C(=O)c1ccc(F)c(Cl)c1. The molecule has 2 nitrogen and oxygen atoms in total. The highest BCUT2D eigenvalue weighted by atomic mass is 79.9. The predicted octanol–water partition coefficient (Wildman–Crippen LogP) is 4.51. The molecule has 0 heterocycles. The lowest BCUT2D eigenvalue weighted by Crippen LogP contribution is -2.26. The number of carbonyl (C=O) groups excluding carboxylic acids is 1. The third-order valence-corrected chi connectivity index (χ3v) is 3.66. The molecule has 5 heteroatoms. The Morgan fingerprint density at radius 1 is 1.25 bits per heavy atom. The van der Waals surface area contributed by atoms with E-state index in [0.717, 1.165) is 10.0 Å². The van der Waals surface area contributed by atoms with Gasteiger partial charge in [-0.05, 0) is 35.9 Å². The van der Waals surface area contributed by atoms with E-state index >= 15 is 0 Å². The summed E-state index contributed by atoms with van der Waals surface area (Å²) in [4.78, 5) is 13.8. The number of nitrogens with zero attached hydrogens (tertiary/aromatic N) is 1. The zero-order valence-corrected chi connectivity index (χ0v) is 13.1. The summed E-state index contributed by atoms with van der Waals surface area (Å²) in [7, 11) is 1.70. The second kappa shape index (κ2) is 6.37. The van der Waals surface area contributed by atoms with Crippen LogP contribution in [0.25, 0.3) is 0 Å². The molecule has 104 valence electrons. The molecule has 0 aliphatic carbocycles. The highest BCUT2D eigenvalue weighted by Gasteiger charge is 2.13. The average molecular weight is 357 g/mol. The van der Waals surface area contributed by atoms with Crippen LogP contribution in [0.15, 0.2) is 46.9 Å². The molecular weight excluding hydrogens is 345 g/mol. The number of amides is 1. The first-order chi connectivity index (χ1) is 9.47. The maximum Gasteiger partial charge on any atom is 0.253 e. The van der Waals surface area contributed by atoms with Gasteiger partial charge in [0.2, 0.25) is 0 Å². The van der Waals surface area contributed by atoms with Gasteiger partial charge in [-0.2, -0.15) is 0 Å². The molecule has 20 heavy (non-hydrogen) atoms. The highest BCUT2D eigenvalue weighted by molar-refractivity contribution is 9.10. The number of rotatable bonds is 3. The maximum atomic E-state index is 13.1. The summed E-state index contributed by atoms with van der Waals surface area (Å²) < 4.78 is 14.1. The Balaban J connectivity index is 2.11. The zero-order valence-electron chi connectivity index (χ0n) is 10.7. The molecule has 0 saturated carbocycles. The van der Waals surface area contributed by atoms with E-state index in [-0.39, 0.29) is 10.9 Å². The van der Waals surface area contributed by atoms with E-state index in [1.165, 1.54) is 18.2 Å². The van der Waals surface area contributed by atoms with Crippen molar-refractivity contribution in [2.45, 2.75) is 6.54 Å². The smallest absolute Gasteiger partial charge is 0.253 e. The van der Waals surface area contributed by atoms with Crippen molar-refractivity contribution in [3.8, 4) is 0 Å². The molecule has 0 bridgehead atoms. The molecule has 0 N–H and O–H groups in total. The van der Waals surface area contributed by atoms with Crippen molar-refractivity contribution in [3.63, 3.8) is 0 Å². The molecule has 2 aromatic rings. The number of hydrogen-bond donors (Lipinski definition) is 0. The number of benzene rings is 2. The Morgan fingerprint density at radius 2 is 1.90 bits per heavy atom. The van der Waals surface area contributed by atoms with Crippen molar-refractivity contribution in [1.29, 1.82) is 0 Å². The summed E-state index contributed by atoms with van der Waals surface area (Å²) in [6.07, 6.45) is 0. The van der Waals surface area contributed by atoms with Crippen LogP contribution in [-0.2, 0) is 6.54 Å². The van der Waals surface area contributed by atoms with Crippen LogP contribution in [0.1, 0.15) is 15.9 Å². The van der Waals surface area contributed by atoms with Crippen LogP contribution in [-0.4, -0.2) is 17.9 Å². The van der Waals surface area contributed by atoms with Crippen LogP contribution in [0, 0.1) is 5.82 Å². The van der Waals surface area contributed by atoms with Gasteiger partial charge >= 0.3 is 0 Å². The minimum Gasteiger partial charge on any atom is -0.337 e. The molecule has 0 spiro atoms. The first-order valence-electron chi connectivity index (χ1n) is 5.92. The third-order valence-electron chi connectivity index (χ3n) is 2.85. The van der Waals surface area contributed by atoms with Crippen molar-refractivity contribution in [2.24, 2.45) is 0 Å². The third kappa shape index (κ3) is 3.58. The Hall–Kier alpha value is -1.39. The van der Waals surface area contributed by atoms with E-state index in [0.29, 0.717) is 12.1 Å². The van der Waals surface area contributed by atoms with Gasteiger partial charge in [-0.15, -0.1) is 0 Å². The molecule has 2 rings (SSSR count). The fourth-order valence-electron chi connectivity index (χ4n) is 1.79. The van der Waals surface area contributed by atoms with Crippen LogP contribution in [0.3, 0.4) is 0 Å². The lowest BCUT2D eigenvalue weighted by atomic mass is 10.1. The van der Waals surface area contributed by atoms with Crippen LogP contribution >= 0.6 is 27.5 Å². The fraction of sp³-hybridized carbons (Fsp3) is 0.133. The van der Waals surface area contributed by atoms with E-state index in [2.05, 4.69) is 15.9 Å². The number of halogens is 3. The summed E-state index contributed by atoms with van der Waals surface area (Å²) in [5.74, 6) is -0.728. The second-order valence-corrected chi connectivity index (χ2v) is 5.74. The van der Waals surface area contributed by atoms with Crippen molar-refractivity contribution in [3.05, 3.63) is 68.9 Å². The lowest BCUT2D eigenvalue weighted by molar-refractivity contribution is 0.0785. The number of hydrogen-bond acceptors (Lipinski definition) is 1. The van der Waals surface area contributed by atoms with Crippen LogP contribution < -0.4 is 0 Å². The van der Waals surface area contributed by atoms with Crippen molar-refractivity contribution in [1.82, 2.24) is 4.90 Å². The summed E-state index contributed by atoms with van der Waals surface area (Å²) in [5.41, 5.74) is 1.38. The second-order valence-electron chi connectivity index (χ2n) is 4.42.